The second-order valence-corrected chi connectivity index (χ2v) is 5.32. The summed E-state index contributed by atoms with van der Waals surface area (Å²) in [6.07, 6.45) is -2.95. The Bertz CT molecular complexity index is 436. The van der Waals surface area contributed by atoms with Crippen LogP contribution in [0.4, 0.5) is 18.9 Å². The first-order valence-corrected chi connectivity index (χ1v) is 6.87. The molecule has 0 aromatic heterocycles. The third kappa shape index (κ3) is 4.03. The van der Waals surface area contributed by atoms with Crippen LogP contribution in [0.3, 0.4) is 0 Å². The van der Waals surface area contributed by atoms with Crippen LogP contribution in [-0.4, -0.2) is 18.3 Å². The molecule has 0 aliphatic heterocycles. The SMILES string of the molecule is CCC(CC)(CO)CNc1cc(C(F)(F)F)ccc1Cl. The van der Waals surface area contributed by atoms with Gasteiger partial charge in [-0.05, 0) is 31.0 Å². The van der Waals surface area contributed by atoms with Crippen LogP contribution in [0.25, 0.3) is 0 Å². The molecule has 0 heterocycles. The van der Waals surface area contributed by atoms with Gasteiger partial charge in [0.2, 0.25) is 0 Å². The number of alkyl halides is 3. The maximum absolute atomic E-state index is 12.7. The number of nitrogens with one attached hydrogen (secondary N) is 1. The molecule has 0 saturated carbocycles. The van der Waals surface area contributed by atoms with Gasteiger partial charge in [-0.1, -0.05) is 25.4 Å². The van der Waals surface area contributed by atoms with E-state index in [2.05, 4.69) is 5.32 Å². The molecule has 1 rings (SSSR count). The largest absolute Gasteiger partial charge is 0.416 e. The zero-order chi connectivity index (χ0) is 15.4. The van der Waals surface area contributed by atoms with Crippen molar-refractivity contribution < 1.29 is 18.3 Å². The van der Waals surface area contributed by atoms with Gasteiger partial charge in [0.1, 0.15) is 0 Å². The first kappa shape index (κ1) is 17.1. The van der Waals surface area contributed by atoms with Gasteiger partial charge < -0.3 is 10.4 Å². The Morgan fingerprint density at radius 1 is 1.20 bits per heavy atom. The van der Waals surface area contributed by atoms with Gasteiger partial charge in [-0.25, -0.2) is 0 Å². The molecular weight excluding hydrogens is 291 g/mol. The zero-order valence-electron chi connectivity index (χ0n) is 11.5. The Morgan fingerprint density at radius 3 is 2.25 bits per heavy atom. The normalized spacial score (nSPS) is 12.6. The van der Waals surface area contributed by atoms with Crippen LogP contribution in [0, 0.1) is 5.41 Å². The standard InChI is InChI=1S/C14H19ClF3NO/c1-3-13(4-2,9-20)8-19-12-7-10(14(16,17)18)5-6-11(12)15/h5-7,19-20H,3-4,8-9H2,1-2H3. The lowest BCUT2D eigenvalue weighted by Gasteiger charge is -2.30. The molecule has 6 heteroatoms. The van der Waals surface area contributed by atoms with Crippen molar-refractivity contribution >= 4 is 17.3 Å². The molecule has 0 fully saturated rings. The molecule has 0 unspecified atom stereocenters. The van der Waals surface area contributed by atoms with E-state index < -0.39 is 11.7 Å². The minimum Gasteiger partial charge on any atom is -0.396 e. The van der Waals surface area contributed by atoms with Gasteiger partial charge in [-0.15, -0.1) is 0 Å². The molecule has 2 N–H and O–H groups in total. The van der Waals surface area contributed by atoms with Crippen molar-refractivity contribution in [3.05, 3.63) is 28.8 Å². The summed E-state index contributed by atoms with van der Waals surface area (Å²) in [5.74, 6) is 0. The van der Waals surface area contributed by atoms with Crippen molar-refractivity contribution in [3.63, 3.8) is 0 Å². The summed E-state index contributed by atoms with van der Waals surface area (Å²) in [6, 6.07) is 3.17. The molecule has 1 aromatic carbocycles. The van der Waals surface area contributed by atoms with E-state index in [0.717, 1.165) is 25.0 Å². The Labute approximate surface area is 121 Å². The molecular formula is C14H19ClF3NO. The number of anilines is 1. The molecule has 0 saturated heterocycles. The first-order valence-electron chi connectivity index (χ1n) is 6.49. The van der Waals surface area contributed by atoms with E-state index in [1.54, 1.807) is 0 Å². The monoisotopic (exact) mass is 309 g/mol. The van der Waals surface area contributed by atoms with E-state index in [9.17, 15) is 18.3 Å². The minimum absolute atomic E-state index is 0.0242. The first-order chi connectivity index (χ1) is 9.28. The number of hydrogen-bond donors (Lipinski definition) is 2. The average Bonchev–Trinajstić information content (AvgIpc) is 2.41. The fourth-order valence-electron chi connectivity index (χ4n) is 1.90. The Kier molecular flexibility index (Phi) is 5.71. The van der Waals surface area contributed by atoms with Crippen molar-refractivity contribution in [2.45, 2.75) is 32.9 Å². The Morgan fingerprint density at radius 2 is 1.80 bits per heavy atom. The molecule has 2 nitrogen and oxygen atoms in total. The molecule has 0 amide bonds. The number of aliphatic hydroxyl groups is 1. The quantitative estimate of drug-likeness (QED) is 0.807. The molecule has 0 spiro atoms. The zero-order valence-corrected chi connectivity index (χ0v) is 12.3. The number of benzene rings is 1. The lowest BCUT2D eigenvalue weighted by Crippen LogP contribution is -2.32. The van der Waals surface area contributed by atoms with Crippen LogP contribution >= 0.6 is 11.6 Å². The molecule has 0 aliphatic rings. The van der Waals surface area contributed by atoms with Crippen LogP contribution in [0.1, 0.15) is 32.3 Å². The number of aliphatic hydroxyl groups excluding tert-OH is 1. The third-order valence-electron chi connectivity index (χ3n) is 3.78. The molecule has 20 heavy (non-hydrogen) atoms. The van der Waals surface area contributed by atoms with E-state index >= 15 is 0 Å². The average molecular weight is 310 g/mol. The molecule has 1 aromatic rings. The fourth-order valence-corrected chi connectivity index (χ4v) is 2.08. The van der Waals surface area contributed by atoms with Crippen molar-refractivity contribution in [1.82, 2.24) is 0 Å². The molecule has 0 atom stereocenters. The lowest BCUT2D eigenvalue weighted by atomic mass is 9.83. The van der Waals surface area contributed by atoms with E-state index in [0.29, 0.717) is 6.54 Å². The number of hydrogen-bond acceptors (Lipinski definition) is 2. The highest BCUT2D eigenvalue weighted by Crippen LogP contribution is 2.34. The van der Waals surface area contributed by atoms with Gasteiger partial charge in [-0.3, -0.25) is 0 Å². The topological polar surface area (TPSA) is 32.3 Å². The highest BCUT2D eigenvalue weighted by molar-refractivity contribution is 6.33. The maximum atomic E-state index is 12.7. The van der Waals surface area contributed by atoms with E-state index in [4.69, 9.17) is 11.6 Å². The van der Waals surface area contributed by atoms with Crippen LogP contribution < -0.4 is 5.32 Å². The molecule has 0 radical (unpaired) electrons. The molecule has 0 bridgehead atoms. The second-order valence-electron chi connectivity index (χ2n) is 4.91. The predicted molar refractivity (Wildman–Crippen MR) is 75.0 cm³/mol. The predicted octanol–water partition coefficient (Wildman–Crippen LogP) is 4.57. The van der Waals surface area contributed by atoms with E-state index in [1.807, 2.05) is 13.8 Å². The summed E-state index contributed by atoms with van der Waals surface area (Å²) >= 11 is 5.91. The van der Waals surface area contributed by atoms with Crippen LogP contribution in [-0.2, 0) is 6.18 Å². The summed E-state index contributed by atoms with van der Waals surface area (Å²) < 4.78 is 38.0. The highest BCUT2D eigenvalue weighted by atomic mass is 35.5. The Hall–Kier alpha value is -0.940. The highest BCUT2D eigenvalue weighted by Gasteiger charge is 2.31. The molecule has 114 valence electrons. The summed E-state index contributed by atoms with van der Waals surface area (Å²) in [5.41, 5.74) is -0.856. The minimum atomic E-state index is -4.40. The third-order valence-corrected chi connectivity index (χ3v) is 4.11. The van der Waals surface area contributed by atoms with E-state index in [1.165, 1.54) is 6.07 Å². The van der Waals surface area contributed by atoms with Crippen molar-refractivity contribution in [3.8, 4) is 0 Å². The summed E-state index contributed by atoms with van der Waals surface area (Å²) in [7, 11) is 0. The van der Waals surface area contributed by atoms with Gasteiger partial charge >= 0.3 is 6.18 Å². The van der Waals surface area contributed by atoms with Gasteiger partial charge in [0.05, 0.1) is 22.9 Å². The van der Waals surface area contributed by atoms with E-state index in [-0.39, 0.29) is 22.7 Å². The van der Waals surface area contributed by atoms with Gasteiger partial charge in [-0.2, -0.15) is 13.2 Å². The van der Waals surface area contributed by atoms with Gasteiger partial charge in [0, 0.05) is 12.0 Å². The summed E-state index contributed by atoms with van der Waals surface area (Å²) in [4.78, 5) is 0. The lowest BCUT2D eigenvalue weighted by molar-refractivity contribution is -0.137. The number of rotatable bonds is 6. The maximum Gasteiger partial charge on any atom is 0.416 e. The smallest absolute Gasteiger partial charge is 0.396 e. The summed E-state index contributed by atoms with van der Waals surface area (Å²) in [6.45, 7) is 4.23. The summed E-state index contributed by atoms with van der Waals surface area (Å²) in [5, 5.41) is 12.6. The Balaban J connectivity index is 2.92. The molecule has 0 aliphatic carbocycles. The van der Waals surface area contributed by atoms with Crippen molar-refractivity contribution in [1.29, 1.82) is 0 Å². The van der Waals surface area contributed by atoms with Crippen molar-refractivity contribution in [2.24, 2.45) is 5.41 Å². The van der Waals surface area contributed by atoms with Crippen LogP contribution in [0.2, 0.25) is 5.02 Å². The van der Waals surface area contributed by atoms with Crippen LogP contribution in [0.15, 0.2) is 18.2 Å². The van der Waals surface area contributed by atoms with Gasteiger partial charge in [0.25, 0.3) is 0 Å². The second kappa shape index (κ2) is 6.68. The number of halogens is 4. The van der Waals surface area contributed by atoms with Gasteiger partial charge in [0.15, 0.2) is 0 Å². The fraction of sp³-hybridized carbons (Fsp3) is 0.571. The van der Waals surface area contributed by atoms with Crippen LogP contribution in [0.5, 0.6) is 0 Å². The van der Waals surface area contributed by atoms with Crippen molar-refractivity contribution in [2.75, 3.05) is 18.5 Å².